The van der Waals surface area contributed by atoms with Crippen molar-refractivity contribution in [3.63, 3.8) is 0 Å². The van der Waals surface area contributed by atoms with Crippen molar-refractivity contribution in [2.45, 2.75) is 19.3 Å². The first-order valence-electron chi connectivity index (χ1n) is 4.81. The van der Waals surface area contributed by atoms with Gasteiger partial charge >= 0.3 is 0 Å². The molecule has 0 bridgehead atoms. The van der Waals surface area contributed by atoms with E-state index < -0.39 is 0 Å². The first kappa shape index (κ1) is 9.96. The molecule has 0 amide bonds. The van der Waals surface area contributed by atoms with Gasteiger partial charge in [-0.3, -0.25) is 0 Å². The standard InChI is InChI=1S/C9H19NO2/c11-6-3-9(8-12)7-10-4-1-2-5-10/h9,11-12H,1-8H2. The quantitative estimate of drug-likeness (QED) is 0.618. The Morgan fingerprint density at radius 2 is 1.83 bits per heavy atom. The normalized spacial score (nSPS) is 21.5. The van der Waals surface area contributed by atoms with Gasteiger partial charge in [0.15, 0.2) is 0 Å². The SMILES string of the molecule is OCCC(CO)CN1CCCC1. The Labute approximate surface area is 74.0 Å². The van der Waals surface area contributed by atoms with Gasteiger partial charge in [-0.25, -0.2) is 0 Å². The lowest BCUT2D eigenvalue weighted by Gasteiger charge is -2.20. The minimum atomic E-state index is 0.194. The third-order valence-electron chi connectivity index (χ3n) is 2.51. The number of likely N-dealkylation sites (tertiary alicyclic amines) is 1. The molecule has 1 atom stereocenters. The highest BCUT2D eigenvalue weighted by atomic mass is 16.3. The van der Waals surface area contributed by atoms with Gasteiger partial charge < -0.3 is 15.1 Å². The lowest BCUT2D eigenvalue weighted by molar-refractivity contribution is 0.148. The van der Waals surface area contributed by atoms with Gasteiger partial charge in [0.05, 0.1) is 0 Å². The van der Waals surface area contributed by atoms with Crippen molar-refractivity contribution in [3.05, 3.63) is 0 Å². The molecule has 0 aromatic heterocycles. The van der Waals surface area contributed by atoms with Crippen LogP contribution >= 0.6 is 0 Å². The highest BCUT2D eigenvalue weighted by Crippen LogP contribution is 2.11. The molecule has 0 radical (unpaired) electrons. The highest BCUT2D eigenvalue weighted by Gasteiger charge is 2.16. The molecule has 1 aliphatic heterocycles. The molecule has 12 heavy (non-hydrogen) atoms. The van der Waals surface area contributed by atoms with Crippen LogP contribution in [0.4, 0.5) is 0 Å². The molecule has 0 aromatic carbocycles. The Balaban J connectivity index is 2.16. The van der Waals surface area contributed by atoms with Crippen molar-refractivity contribution in [1.82, 2.24) is 4.90 Å². The van der Waals surface area contributed by atoms with Gasteiger partial charge in [-0.1, -0.05) is 0 Å². The molecule has 1 heterocycles. The van der Waals surface area contributed by atoms with Gasteiger partial charge in [-0.2, -0.15) is 0 Å². The molecule has 1 fully saturated rings. The summed E-state index contributed by atoms with van der Waals surface area (Å²) in [6.07, 6.45) is 3.31. The molecule has 1 aliphatic rings. The van der Waals surface area contributed by atoms with Gasteiger partial charge in [0.1, 0.15) is 0 Å². The molecule has 1 saturated heterocycles. The zero-order valence-electron chi connectivity index (χ0n) is 7.58. The average Bonchev–Trinajstić information content (AvgIpc) is 2.56. The van der Waals surface area contributed by atoms with E-state index in [2.05, 4.69) is 4.90 Å². The zero-order valence-corrected chi connectivity index (χ0v) is 7.58. The minimum Gasteiger partial charge on any atom is -0.396 e. The molecular formula is C9H19NO2. The van der Waals surface area contributed by atoms with E-state index in [4.69, 9.17) is 10.2 Å². The fraction of sp³-hybridized carbons (Fsp3) is 1.00. The predicted molar refractivity (Wildman–Crippen MR) is 48.0 cm³/mol. The van der Waals surface area contributed by atoms with Crippen LogP contribution in [0, 0.1) is 5.92 Å². The van der Waals surface area contributed by atoms with E-state index in [0.717, 1.165) is 13.0 Å². The van der Waals surface area contributed by atoms with Crippen LogP contribution in [0.25, 0.3) is 0 Å². The Morgan fingerprint density at radius 3 is 2.33 bits per heavy atom. The third-order valence-corrected chi connectivity index (χ3v) is 2.51. The van der Waals surface area contributed by atoms with E-state index in [1.165, 1.54) is 25.9 Å². The molecule has 72 valence electrons. The van der Waals surface area contributed by atoms with Crippen molar-refractivity contribution in [3.8, 4) is 0 Å². The maximum Gasteiger partial charge on any atom is 0.0472 e. The zero-order chi connectivity index (χ0) is 8.81. The summed E-state index contributed by atoms with van der Waals surface area (Å²) in [6.45, 7) is 3.69. The second-order valence-electron chi connectivity index (χ2n) is 3.57. The summed E-state index contributed by atoms with van der Waals surface area (Å²) in [5, 5.41) is 17.7. The first-order chi connectivity index (χ1) is 5.86. The van der Waals surface area contributed by atoms with Gasteiger partial charge in [-0.05, 0) is 38.3 Å². The Bertz CT molecular complexity index is 113. The maximum atomic E-state index is 8.98. The third kappa shape index (κ3) is 3.09. The predicted octanol–water partition coefficient (Wildman–Crippen LogP) is 0.0731. The molecule has 1 unspecified atom stereocenters. The maximum absolute atomic E-state index is 8.98. The van der Waals surface area contributed by atoms with Crippen molar-refractivity contribution in [1.29, 1.82) is 0 Å². The number of hydrogen-bond acceptors (Lipinski definition) is 3. The number of nitrogens with zero attached hydrogens (tertiary/aromatic N) is 1. The van der Waals surface area contributed by atoms with Crippen LogP contribution in [0.5, 0.6) is 0 Å². The fourth-order valence-electron chi connectivity index (χ4n) is 1.75. The van der Waals surface area contributed by atoms with Crippen LogP contribution in [-0.4, -0.2) is 48.0 Å². The lowest BCUT2D eigenvalue weighted by atomic mass is 10.1. The van der Waals surface area contributed by atoms with Gasteiger partial charge in [0.2, 0.25) is 0 Å². The van der Waals surface area contributed by atoms with Crippen LogP contribution in [0.3, 0.4) is 0 Å². The van der Waals surface area contributed by atoms with E-state index in [9.17, 15) is 0 Å². The van der Waals surface area contributed by atoms with E-state index in [0.29, 0.717) is 0 Å². The van der Waals surface area contributed by atoms with Crippen LogP contribution in [0.2, 0.25) is 0 Å². The number of aliphatic hydroxyl groups excluding tert-OH is 2. The summed E-state index contributed by atoms with van der Waals surface area (Å²) in [5.41, 5.74) is 0. The number of hydrogen-bond donors (Lipinski definition) is 2. The molecule has 3 heteroatoms. The second kappa shape index (κ2) is 5.51. The van der Waals surface area contributed by atoms with E-state index >= 15 is 0 Å². The fourth-order valence-corrected chi connectivity index (χ4v) is 1.75. The van der Waals surface area contributed by atoms with Crippen LogP contribution in [0.1, 0.15) is 19.3 Å². The smallest absolute Gasteiger partial charge is 0.0472 e. The molecule has 0 aromatic rings. The highest BCUT2D eigenvalue weighted by molar-refractivity contribution is 4.70. The summed E-state index contributed by atoms with van der Waals surface area (Å²) < 4.78 is 0. The van der Waals surface area contributed by atoms with Crippen molar-refractivity contribution in [2.24, 2.45) is 5.92 Å². The largest absolute Gasteiger partial charge is 0.396 e. The molecule has 0 spiro atoms. The summed E-state index contributed by atoms with van der Waals surface area (Å²) in [6, 6.07) is 0. The number of aliphatic hydroxyl groups is 2. The Kier molecular flexibility index (Phi) is 4.58. The molecule has 3 nitrogen and oxygen atoms in total. The second-order valence-corrected chi connectivity index (χ2v) is 3.57. The van der Waals surface area contributed by atoms with Crippen molar-refractivity contribution in [2.75, 3.05) is 32.8 Å². The van der Waals surface area contributed by atoms with Gasteiger partial charge in [0, 0.05) is 19.8 Å². The molecule has 0 saturated carbocycles. The average molecular weight is 173 g/mol. The molecular weight excluding hydrogens is 154 g/mol. The molecule has 0 aliphatic carbocycles. The summed E-state index contributed by atoms with van der Waals surface area (Å²) in [5.74, 6) is 0.271. The topological polar surface area (TPSA) is 43.7 Å². The van der Waals surface area contributed by atoms with Crippen LogP contribution in [-0.2, 0) is 0 Å². The molecule has 2 N–H and O–H groups in total. The molecule has 1 rings (SSSR count). The van der Waals surface area contributed by atoms with Crippen molar-refractivity contribution < 1.29 is 10.2 Å². The van der Waals surface area contributed by atoms with Crippen LogP contribution < -0.4 is 0 Å². The minimum absolute atomic E-state index is 0.194. The first-order valence-corrected chi connectivity index (χ1v) is 4.81. The van der Waals surface area contributed by atoms with Gasteiger partial charge in [0.25, 0.3) is 0 Å². The van der Waals surface area contributed by atoms with Crippen LogP contribution in [0.15, 0.2) is 0 Å². The van der Waals surface area contributed by atoms with E-state index in [-0.39, 0.29) is 19.1 Å². The monoisotopic (exact) mass is 173 g/mol. The Morgan fingerprint density at radius 1 is 1.17 bits per heavy atom. The van der Waals surface area contributed by atoms with Crippen molar-refractivity contribution >= 4 is 0 Å². The Hall–Kier alpha value is -0.120. The number of rotatable bonds is 5. The lowest BCUT2D eigenvalue weighted by Crippen LogP contribution is -2.29. The van der Waals surface area contributed by atoms with E-state index in [1.54, 1.807) is 0 Å². The van der Waals surface area contributed by atoms with E-state index in [1.807, 2.05) is 0 Å². The summed E-state index contributed by atoms with van der Waals surface area (Å²) in [4.78, 5) is 2.37. The van der Waals surface area contributed by atoms with Gasteiger partial charge in [-0.15, -0.1) is 0 Å². The summed E-state index contributed by atoms with van der Waals surface area (Å²) in [7, 11) is 0. The summed E-state index contributed by atoms with van der Waals surface area (Å²) >= 11 is 0.